The van der Waals surface area contributed by atoms with Crippen LogP contribution in [0.4, 0.5) is 11.4 Å². The molecule has 5 nitrogen and oxygen atoms in total. The van der Waals surface area contributed by atoms with Crippen LogP contribution in [0.5, 0.6) is 0 Å². The molecule has 6 heteroatoms. The van der Waals surface area contributed by atoms with Crippen molar-refractivity contribution in [1.29, 1.82) is 0 Å². The molecular formula is C18H20N2O3S. The lowest BCUT2D eigenvalue weighted by Gasteiger charge is -2.09. The molecule has 2 aromatic rings. The molecule has 0 saturated heterocycles. The average Bonchev–Trinajstić information content (AvgIpc) is 3.00. The first kappa shape index (κ1) is 16.5. The van der Waals surface area contributed by atoms with Crippen LogP contribution in [-0.4, -0.2) is 27.1 Å². The SMILES string of the molecule is CS(=O)(=O)c1ccc(NC(=O)CNc2ccc3c(c2)CCC3)cc1. The van der Waals surface area contributed by atoms with Crippen LogP contribution >= 0.6 is 0 Å². The van der Waals surface area contributed by atoms with E-state index in [1.165, 1.54) is 29.7 Å². The highest BCUT2D eigenvalue weighted by Crippen LogP contribution is 2.24. The normalized spacial score (nSPS) is 13.4. The number of amides is 1. The number of rotatable bonds is 5. The zero-order valence-corrected chi connectivity index (χ0v) is 14.3. The van der Waals surface area contributed by atoms with Crippen LogP contribution in [-0.2, 0) is 27.5 Å². The summed E-state index contributed by atoms with van der Waals surface area (Å²) < 4.78 is 22.8. The zero-order valence-electron chi connectivity index (χ0n) is 13.5. The summed E-state index contributed by atoms with van der Waals surface area (Å²) in [5.41, 5.74) is 4.27. The van der Waals surface area contributed by atoms with E-state index in [0.29, 0.717) is 5.69 Å². The standard InChI is InChI=1S/C18H20N2O3S/c1-24(22,23)17-9-7-15(8-10-17)20-18(21)12-19-16-6-5-13-3-2-4-14(13)11-16/h5-11,19H,2-4,12H2,1H3,(H,20,21). The molecule has 0 spiro atoms. The van der Waals surface area contributed by atoms with E-state index in [0.717, 1.165) is 24.8 Å². The van der Waals surface area contributed by atoms with E-state index in [-0.39, 0.29) is 17.3 Å². The van der Waals surface area contributed by atoms with Gasteiger partial charge in [0.05, 0.1) is 11.4 Å². The van der Waals surface area contributed by atoms with Gasteiger partial charge in [-0.15, -0.1) is 0 Å². The van der Waals surface area contributed by atoms with E-state index in [1.807, 2.05) is 6.07 Å². The van der Waals surface area contributed by atoms with Crippen molar-refractivity contribution in [3.63, 3.8) is 0 Å². The lowest BCUT2D eigenvalue weighted by atomic mass is 10.1. The summed E-state index contributed by atoms with van der Waals surface area (Å²) in [7, 11) is -3.22. The Balaban J connectivity index is 1.56. The molecule has 126 valence electrons. The predicted octanol–water partition coefficient (Wildman–Crippen LogP) is 2.63. The Morgan fingerprint density at radius 2 is 1.67 bits per heavy atom. The van der Waals surface area contributed by atoms with E-state index >= 15 is 0 Å². The Kier molecular flexibility index (Phi) is 4.57. The molecule has 24 heavy (non-hydrogen) atoms. The largest absolute Gasteiger partial charge is 0.376 e. The fourth-order valence-corrected chi connectivity index (χ4v) is 3.49. The molecular weight excluding hydrogens is 324 g/mol. The smallest absolute Gasteiger partial charge is 0.243 e. The van der Waals surface area contributed by atoms with Crippen molar-refractivity contribution in [1.82, 2.24) is 0 Å². The third-order valence-electron chi connectivity index (χ3n) is 4.12. The van der Waals surface area contributed by atoms with E-state index in [9.17, 15) is 13.2 Å². The van der Waals surface area contributed by atoms with Gasteiger partial charge in [-0.2, -0.15) is 0 Å². The molecule has 0 aliphatic heterocycles. The maximum absolute atomic E-state index is 12.0. The zero-order chi connectivity index (χ0) is 17.2. The number of anilines is 2. The van der Waals surface area contributed by atoms with Crippen LogP contribution in [0.3, 0.4) is 0 Å². The number of carbonyl (C=O) groups excluding carboxylic acids is 1. The molecule has 0 radical (unpaired) electrons. The lowest BCUT2D eigenvalue weighted by molar-refractivity contribution is -0.114. The van der Waals surface area contributed by atoms with E-state index in [2.05, 4.69) is 22.8 Å². The van der Waals surface area contributed by atoms with Gasteiger partial charge in [0.2, 0.25) is 5.91 Å². The lowest BCUT2D eigenvalue weighted by Crippen LogP contribution is -2.21. The second-order valence-corrected chi connectivity index (χ2v) is 8.05. The third kappa shape index (κ3) is 3.94. The Bertz CT molecular complexity index is 858. The Morgan fingerprint density at radius 1 is 1.00 bits per heavy atom. The molecule has 1 aliphatic carbocycles. The third-order valence-corrected chi connectivity index (χ3v) is 5.25. The van der Waals surface area contributed by atoms with Gasteiger partial charge in [-0.1, -0.05) is 6.07 Å². The first-order chi connectivity index (χ1) is 11.4. The van der Waals surface area contributed by atoms with Gasteiger partial charge < -0.3 is 10.6 Å². The van der Waals surface area contributed by atoms with Gasteiger partial charge in [0, 0.05) is 17.6 Å². The molecule has 1 aliphatic rings. The minimum atomic E-state index is -3.22. The summed E-state index contributed by atoms with van der Waals surface area (Å²) in [5.74, 6) is -0.178. The molecule has 0 heterocycles. The van der Waals surface area contributed by atoms with Gasteiger partial charge in [-0.3, -0.25) is 4.79 Å². The molecule has 1 amide bonds. The predicted molar refractivity (Wildman–Crippen MR) is 95.1 cm³/mol. The second kappa shape index (κ2) is 6.65. The van der Waals surface area contributed by atoms with Gasteiger partial charge >= 0.3 is 0 Å². The maximum Gasteiger partial charge on any atom is 0.243 e. The van der Waals surface area contributed by atoms with Crippen molar-refractivity contribution in [3.8, 4) is 0 Å². The highest BCUT2D eigenvalue weighted by atomic mass is 32.2. The molecule has 0 unspecified atom stereocenters. The molecule has 2 aromatic carbocycles. The van der Waals surface area contributed by atoms with Crippen LogP contribution in [0.15, 0.2) is 47.4 Å². The quantitative estimate of drug-likeness (QED) is 0.874. The van der Waals surface area contributed by atoms with E-state index < -0.39 is 9.84 Å². The number of hydrogen-bond donors (Lipinski definition) is 2. The van der Waals surface area contributed by atoms with Crippen LogP contribution in [0, 0.1) is 0 Å². The topological polar surface area (TPSA) is 75.3 Å². The Labute approximate surface area is 142 Å². The number of aryl methyl sites for hydroxylation is 2. The Hall–Kier alpha value is -2.34. The van der Waals surface area contributed by atoms with Crippen molar-refractivity contribution in [2.24, 2.45) is 0 Å². The monoisotopic (exact) mass is 344 g/mol. The number of sulfone groups is 1. The van der Waals surface area contributed by atoms with Crippen molar-refractivity contribution in [3.05, 3.63) is 53.6 Å². The van der Waals surface area contributed by atoms with E-state index in [4.69, 9.17) is 0 Å². The summed E-state index contributed by atoms with van der Waals surface area (Å²) in [6, 6.07) is 12.4. The summed E-state index contributed by atoms with van der Waals surface area (Å²) in [4.78, 5) is 12.2. The summed E-state index contributed by atoms with van der Waals surface area (Å²) in [6.07, 6.45) is 4.59. The number of carbonyl (C=O) groups is 1. The van der Waals surface area contributed by atoms with Crippen molar-refractivity contribution in [2.75, 3.05) is 23.4 Å². The van der Waals surface area contributed by atoms with Crippen molar-refractivity contribution in [2.45, 2.75) is 24.2 Å². The van der Waals surface area contributed by atoms with Gasteiger partial charge in [0.1, 0.15) is 0 Å². The number of fused-ring (bicyclic) bond motifs is 1. The molecule has 0 fully saturated rings. The van der Waals surface area contributed by atoms with Gasteiger partial charge in [-0.25, -0.2) is 8.42 Å². The second-order valence-electron chi connectivity index (χ2n) is 6.04. The van der Waals surface area contributed by atoms with Gasteiger partial charge in [0.25, 0.3) is 0 Å². The summed E-state index contributed by atoms with van der Waals surface area (Å²) in [6.45, 7) is 0.159. The molecule has 2 N–H and O–H groups in total. The van der Waals surface area contributed by atoms with E-state index in [1.54, 1.807) is 12.1 Å². The van der Waals surface area contributed by atoms with Gasteiger partial charge in [-0.05, 0) is 66.8 Å². The number of nitrogens with one attached hydrogen (secondary N) is 2. The highest BCUT2D eigenvalue weighted by Gasteiger charge is 2.11. The van der Waals surface area contributed by atoms with Gasteiger partial charge in [0.15, 0.2) is 9.84 Å². The van der Waals surface area contributed by atoms with Crippen LogP contribution in [0.2, 0.25) is 0 Å². The fraction of sp³-hybridized carbons (Fsp3) is 0.278. The molecule has 3 rings (SSSR count). The van der Waals surface area contributed by atoms with Crippen molar-refractivity contribution < 1.29 is 13.2 Å². The fourth-order valence-electron chi connectivity index (χ4n) is 2.85. The molecule has 0 atom stereocenters. The Morgan fingerprint density at radius 3 is 2.38 bits per heavy atom. The summed E-state index contributed by atoms with van der Waals surface area (Å²) >= 11 is 0. The van der Waals surface area contributed by atoms with Crippen LogP contribution in [0.25, 0.3) is 0 Å². The van der Waals surface area contributed by atoms with Crippen molar-refractivity contribution >= 4 is 27.1 Å². The van der Waals surface area contributed by atoms with Crippen LogP contribution in [0.1, 0.15) is 17.5 Å². The number of benzene rings is 2. The molecule has 0 saturated carbocycles. The van der Waals surface area contributed by atoms with Crippen LogP contribution < -0.4 is 10.6 Å². The summed E-state index contributed by atoms with van der Waals surface area (Å²) in [5, 5.41) is 5.87. The molecule has 0 bridgehead atoms. The first-order valence-electron chi connectivity index (χ1n) is 7.87. The maximum atomic E-state index is 12.0. The minimum absolute atomic E-state index is 0.159. The minimum Gasteiger partial charge on any atom is -0.376 e. The molecule has 0 aromatic heterocycles. The highest BCUT2D eigenvalue weighted by molar-refractivity contribution is 7.90. The average molecular weight is 344 g/mol. The number of hydrogen-bond acceptors (Lipinski definition) is 4. The first-order valence-corrected chi connectivity index (χ1v) is 9.76.